The fraction of sp³-hybridized carbons (Fsp3) is 0.222. The van der Waals surface area contributed by atoms with Gasteiger partial charge in [-0.3, -0.25) is 4.79 Å². The highest BCUT2D eigenvalue weighted by molar-refractivity contribution is 6.39. The van der Waals surface area contributed by atoms with Crippen LogP contribution >= 0.6 is 23.2 Å². The van der Waals surface area contributed by atoms with E-state index in [1.165, 1.54) is 14.2 Å². The molecule has 0 bridgehead atoms. The second-order valence-electron chi connectivity index (χ2n) is 5.00. The average molecular weight is 383 g/mol. The second-order valence-corrected chi connectivity index (χ2v) is 5.82. The van der Waals surface area contributed by atoms with Crippen molar-refractivity contribution in [2.75, 3.05) is 14.2 Å². The van der Waals surface area contributed by atoms with Crippen LogP contribution in [0.2, 0.25) is 10.0 Å². The smallest absolute Gasteiger partial charge is 0.347 e. The molecule has 0 aliphatic rings. The van der Waals surface area contributed by atoms with Crippen LogP contribution in [-0.2, 0) is 19.1 Å². The predicted octanol–water partition coefficient (Wildman–Crippen LogP) is 4.14. The number of halogens is 2. The third-order valence-electron chi connectivity index (χ3n) is 3.43. The summed E-state index contributed by atoms with van der Waals surface area (Å²) in [6.07, 6.45) is -1.44. The number of carbonyl (C=O) groups excluding carboxylic acids is 2. The molecule has 1 unspecified atom stereocenters. The molecule has 0 saturated carbocycles. The number of hydrogen-bond acceptors (Lipinski definition) is 5. The Balaban J connectivity index is 2.42. The summed E-state index contributed by atoms with van der Waals surface area (Å²) in [7, 11) is 2.45. The van der Waals surface area contributed by atoms with Crippen LogP contribution < -0.4 is 4.74 Å². The molecule has 0 N–H and O–H groups in total. The number of carbonyl (C=O) groups is 2. The fourth-order valence-electron chi connectivity index (χ4n) is 2.22. The quantitative estimate of drug-likeness (QED) is 0.702. The van der Waals surface area contributed by atoms with Gasteiger partial charge in [-0.05, 0) is 18.2 Å². The number of methoxy groups -OCH3 is 2. The summed E-state index contributed by atoms with van der Waals surface area (Å²) in [6, 6.07) is 12.1. The van der Waals surface area contributed by atoms with Crippen molar-refractivity contribution in [1.29, 1.82) is 0 Å². The van der Waals surface area contributed by atoms with E-state index in [9.17, 15) is 9.59 Å². The number of para-hydroxylation sites is 1. The molecular formula is C18H16Cl2O5. The SMILES string of the molecule is COC(=O)CC(Oc1ccccc1-c1c(Cl)cccc1Cl)C(=O)OC. The van der Waals surface area contributed by atoms with Crippen molar-refractivity contribution < 1.29 is 23.8 Å². The first kappa shape index (κ1) is 19.1. The predicted molar refractivity (Wildman–Crippen MR) is 95.0 cm³/mol. The lowest BCUT2D eigenvalue weighted by molar-refractivity contribution is -0.155. The summed E-state index contributed by atoms with van der Waals surface area (Å²) in [4.78, 5) is 23.5. The maximum Gasteiger partial charge on any atom is 0.347 e. The molecule has 2 aromatic rings. The molecule has 0 fully saturated rings. The molecule has 0 radical (unpaired) electrons. The van der Waals surface area contributed by atoms with E-state index in [2.05, 4.69) is 4.74 Å². The molecular weight excluding hydrogens is 367 g/mol. The molecule has 132 valence electrons. The van der Waals surface area contributed by atoms with E-state index >= 15 is 0 Å². The highest BCUT2D eigenvalue weighted by Crippen LogP contribution is 2.40. The van der Waals surface area contributed by atoms with E-state index in [1.54, 1.807) is 42.5 Å². The number of hydrogen-bond donors (Lipinski definition) is 0. The number of rotatable bonds is 6. The Morgan fingerprint density at radius 3 is 2.20 bits per heavy atom. The average Bonchev–Trinajstić information content (AvgIpc) is 2.61. The standard InChI is InChI=1S/C18H16Cl2O5/c1-23-16(21)10-15(18(22)24-2)25-14-9-4-3-6-11(14)17-12(19)7-5-8-13(17)20/h3-9,15H,10H2,1-2H3. The molecule has 0 aromatic heterocycles. The number of benzene rings is 2. The van der Waals surface area contributed by atoms with Gasteiger partial charge in [0.15, 0.2) is 0 Å². The normalized spacial score (nSPS) is 11.5. The molecule has 1 atom stereocenters. The van der Waals surface area contributed by atoms with Gasteiger partial charge in [0.2, 0.25) is 6.10 Å². The Labute approximate surface area is 155 Å². The van der Waals surface area contributed by atoms with Crippen LogP contribution in [0.4, 0.5) is 0 Å². The lowest BCUT2D eigenvalue weighted by Gasteiger charge is -2.19. The van der Waals surface area contributed by atoms with Crippen LogP contribution in [0.25, 0.3) is 11.1 Å². The topological polar surface area (TPSA) is 61.8 Å². The van der Waals surface area contributed by atoms with Crippen molar-refractivity contribution >= 4 is 35.1 Å². The Hall–Kier alpha value is -2.24. The van der Waals surface area contributed by atoms with Crippen LogP contribution in [0.5, 0.6) is 5.75 Å². The maximum atomic E-state index is 11.9. The van der Waals surface area contributed by atoms with Crippen LogP contribution in [0.1, 0.15) is 6.42 Å². The first-order valence-electron chi connectivity index (χ1n) is 7.32. The van der Waals surface area contributed by atoms with E-state index in [0.29, 0.717) is 26.9 Å². The molecule has 0 aliphatic carbocycles. The molecule has 5 nitrogen and oxygen atoms in total. The Morgan fingerprint density at radius 2 is 1.60 bits per heavy atom. The van der Waals surface area contributed by atoms with Gasteiger partial charge in [-0.2, -0.15) is 0 Å². The Kier molecular flexibility index (Phi) is 6.67. The summed E-state index contributed by atoms with van der Waals surface area (Å²) >= 11 is 12.5. The van der Waals surface area contributed by atoms with Gasteiger partial charge in [0.25, 0.3) is 0 Å². The van der Waals surface area contributed by atoms with Gasteiger partial charge in [0, 0.05) is 11.1 Å². The van der Waals surface area contributed by atoms with Gasteiger partial charge < -0.3 is 14.2 Å². The highest BCUT2D eigenvalue weighted by atomic mass is 35.5. The largest absolute Gasteiger partial charge is 0.477 e. The van der Waals surface area contributed by atoms with Crippen molar-refractivity contribution in [3.05, 3.63) is 52.5 Å². The number of esters is 2. The monoisotopic (exact) mass is 382 g/mol. The van der Waals surface area contributed by atoms with Crippen molar-refractivity contribution in [2.45, 2.75) is 12.5 Å². The summed E-state index contributed by atoms with van der Waals surface area (Å²) < 4.78 is 15.0. The Bertz CT molecular complexity index is 756. The summed E-state index contributed by atoms with van der Waals surface area (Å²) in [5.41, 5.74) is 1.17. The van der Waals surface area contributed by atoms with Crippen molar-refractivity contribution in [1.82, 2.24) is 0 Å². The minimum atomic E-state index is -1.15. The number of ether oxygens (including phenoxy) is 3. The van der Waals surface area contributed by atoms with E-state index in [1.807, 2.05) is 0 Å². The molecule has 0 aliphatic heterocycles. The van der Waals surface area contributed by atoms with Crippen LogP contribution in [0.3, 0.4) is 0 Å². The van der Waals surface area contributed by atoms with E-state index in [-0.39, 0.29) is 6.42 Å². The van der Waals surface area contributed by atoms with E-state index in [4.69, 9.17) is 32.7 Å². The minimum Gasteiger partial charge on any atom is -0.477 e. The first-order valence-corrected chi connectivity index (χ1v) is 8.08. The van der Waals surface area contributed by atoms with Gasteiger partial charge in [0.1, 0.15) is 5.75 Å². The summed E-state index contributed by atoms with van der Waals surface area (Å²) in [5.74, 6) is -0.939. The zero-order chi connectivity index (χ0) is 18.4. The third-order valence-corrected chi connectivity index (χ3v) is 4.06. The molecule has 2 aromatic carbocycles. The zero-order valence-corrected chi connectivity index (χ0v) is 15.1. The van der Waals surface area contributed by atoms with Gasteiger partial charge in [-0.15, -0.1) is 0 Å². The summed E-state index contributed by atoms with van der Waals surface area (Å²) in [6.45, 7) is 0. The maximum absolute atomic E-state index is 11.9. The van der Waals surface area contributed by atoms with Gasteiger partial charge in [-0.1, -0.05) is 47.5 Å². The first-order chi connectivity index (χ1) is 12.0. The Morgan fingerprint density at radius 1 is 0.960 bits per heavy atom. The molecule has 7 heteroatoms. The highest BCUT2D eigenvalue weighted by Gasteiger charge is 2.26. The third kappa shape index (κ3) is 4.65. The van der Waals surface area contributed by atoms with Crippen LogP contribution in [-0.4, -0.2) is 32.3 Å². The summed E-state index contributed by atoms with van der Waals surface area (Å²) in [5, 5.41) is 0.872. The molecule has 2 rings (SSSR count). The molecule has 0 heterocycles. The van der Waals surface area contributed by atoms with E-state index in [0.717, 1.165) is 0 Å². The molecule has 0 spiro atoms. The van der Waals surface area contributed by atoms with Crippen LogP contribution in [0.15, 0.2) is 42.5 Å². The molecule has 0 saturated heterocycles. The van der Waals surface area contributed by atoms with Crippen LogP contribution in [0, 0.1) is 0 Å². The lowest BCUT2D eigenvalue weighted by Crippen LogP contribution is -2.31. The zero-order valence-electron chi connectivity index (χ0n) is 13.6. The minimum absolute atomic E-state index is 0.284. The molecule has 0 amide bonds. The van der Waals surface area contributed by atoms with Gasteiger partial charge >= 0.3 is 11.9 Å². The lowest BCUT2D eigenvalue weighted by atomic mass is 10.0. The fourth-order valence-corrected chi connectivity index (χ4v) is 2.82. The van der Waals surface area contributed by atoms with Crippen molar-refractivity contribution in [3.63, 3.8) is 0 Å². The second kappa shape index (κ2) is 8.74. The van der Waals surface area contributed by atoms with Gasteiger partial charge in [-0.25, -0.2) is 4.79 Å². The molecule has 25 heavy (non-hydrogen) atoms. The van der Waals surface area contributed by atoms with E-state index < -0.39 is 18.0 Å². The van der Waals surface area contributed by atoms with Gasteiger partial charge in [0.05, 0.1) is 30.7 Å². The van der Waals surface area contributed by atoms with Crippen molar-refractivity contribution in [3.8, 4) is 16.9 Å². The van der Waals surface area contributed by atoms with Crippen molar-refractivity contribution in [2.24, 2.45) is 0 Å².